The maximum atomic E-state index is 12.7. The van der Waals surface area contributed by atoms with E-state index in [2.05, 4.69) is 26.8 Å². The van der Waals surface area contributed by atoms with Gasteiger partial charge >= 0.3 is 6.18 Å². The predicted octanol–water partition coefficient (Wildman–Crippen LogP) is 4.78. The van der Waals surface area contributed by atoms with Crippen LogP contribution < -0.4 is 0 Å². The molecule has 8 heteroatoms. The van der Waals surface area contributed by atoms with Gasteiger partial charge in [-0.3, -0.25) is 14.7 Å². The number of hydrogen-bond donors (Lipinski definition) is 0. The normalized spacial score (nSPS) is 19.1. The molecule has 2 aliphatic heterocycles. The summed E-state index contributed by atoms with van der Waals surface area (Å²) in [6.07, 6.45) is -1.98. The Balaban J connectivity index is 0.00000306. The minimum atomic E-state index is -4.28. The number of hydrogen-bond acceptors (Lipinski definition) is 4. The third-order valence-corrected chi connectivity index (χ3v) is 6.63. The lowest BCUT2D eigenvalue weighted by Crippen LogP contribution is -2.52. The van der Waals surface area contributed by atoms with Crippen LogP contribution in [0.15, 0.2) is 48.5 Å². The van der Waals surface area contributed by atoms with Gasteiger partial charge in [0.05, 0.1) is 17.2 Å². The van der Waals surface area contributed by atoms with Crippen LogP contribution in [0.3, 0.4) is 0 Å². The Bertz CT molecular complexity index is 926. The number of nitrogens with zero attached hydrogens (tertiary/aromatic N) is 4. The highest BCUT2D eigenvalue weighted by molar-refractivity contribution is 5.85. The van der Waals surface area contributed by atoms with E-state index >= 15 is 0 Å². The molecule has 4 nitrogen and oxygen atoms in total. The van der Waals surface area contributed by atoms with E-state index in [-0.39, 0.29) is 12.4 Å². The fourth-order valence-corrected chi connectivity index (χ4v) is 4.78. The molecular formula is C25H30ClF3N4. The van der Waals surface area contributed by atoms with Crippen LogP contribution in [0.2, 0.25) is 0 Å². The Morgan fingerprint density at radius 2 is 1.42 bits per heavy atom. The fraction of sp³-hybridized carbons (Fsp3) is 0.480. The highest BCUT2D eigenvalue weighted by Crippen LogP contribution is 2.29. The van der Waals surface area contributed by atoms with Crippen molar-refractivity contribution in [2.24, 2.45) is 0 Å². The molecule has 0 atom stereocenters. The quantitative estimate of drug-likeness (QED) is 0.619. The van der Waals surface area contributed by atoms with Crippen molar-refractivity contribution in [3.05, 3.63) is 70.8 Å². The van der Waals surface area contributed by atoms with Gasteiger partial charge in [-0.15, -0.1) is 12.4 Å². The third-order valence-electron chi connectivity index (χ3n) is 6.63. The topological polar surface area (TPSA) is 33.5 Å². The number of likely N-dealkylation sites (tertiary alicyclic amines) is 1. The second kappa shape index (κ2) is 11.3. The van der Waals surface area contributed by atoms with Crippen LogP contribution in [-0.4, -0.2) is 60.0 Å². The highest BCUT2D eigenvalue weighted by Gasteiger charge is 2.30. The van der Waals surface area contributed by atoms with Crippen LogP contribution >= 0.6 is 12.4 Å². The Morgan fingerprint density at radius 3 is 2.03 bits per heavy atom. The number of rotatable bonds is 5. The molecule has 2 aromatic rings. The van der Waals surface area contributed by atoms with E-state index in [1.165, 1.54) is 17.7 Å². The number of nitriles is 1. The summed E-state index contributed by atoms with van der Waals surface area (Å²) in [7, 11) is 0. The molecule has 0 aromatic heterocycles. The van der Waals surface area contributed by atoms with Gasteiger partial charge in [0.2, 0.25) is 0 Å². The first-order valence-electron chi connectivity index (χ1n) is 11.2. The van der Waals surface area contributed by atoms with Crippen molar-refractivity contribution in [3.8, 4) is 6.07 Å². The number of halogens is 4. The van der Waals surface area contributed by atoms with E-state index in [0.717, 1.165) is 64.2 Å². The van der Waals surface area contributed by atoms with Crippen molar-refractivity contribution in [1.29, 1.82) is 5.26 Å². The van der Waals surface area contributed by atoms with Crippen molar-refractivity contribution < 1.29 is 13.2 Å². The summed E-state index contributed by atoms with van der Waals surface area (Å²) >= 11 is 0. The van der Waals surface area contributed by atoms with E-state index in [4.69, 9.17) is 5.26 Å². The van der Waals surface area contributed by atoms with Gasteiger partial charge in [-0.2, -0.15) is 18.4 Å². The van der Waals surface area contributed by atoms with Crippen LogP contribution in [0.25, 0.3) is 0 Å². The molecule has 0 spiro atoms. The van der Waals surface area contributed by atoms with Crippen molar-refractivity contribution >= 4 is 12.4 Å². The monoisotopic (exact) mass is 478 g/mol. The van der Waals surface area contributed by atoms with Gasteiger partial charge in [-0.25, -0.2) is 0 Å². The number of alkyl halides is 3. The SMILES string of the molecule is Cl.N#Cc1cccc(CN2CCC(N3CCN(Cc4ccc(C(F)(F)F)cc4)CC3)CC2)c1. The first-order valence-corrected chi connectivity index (χ1v) is 11.2. The summed E-state index contributed by atoms with van der Waals surface area (Å²) in [5.41, 5.74) is 2.25. The van der Waals surface area contributed by atoms with Crippen LogP contribution in [-0.2, 0) is 19.3 Å². The summed E-state index contributed by atoms with van der Waals surface area (Å²) < 4.78 is 38.2. The smallest absolute Gasteiger partial charge is 0.299 e. The molecule has 2 fully saturated rings. The summed E-state index contributed by atoms with van der Waals surface area (Å²) in [5, 5.41) is 9.07. The molecule has 2 aliphatic rings. The van der Waals surface area contributed by atoms with E-state index < -0.39 is 11.7 Å². The average molecular weight is 479 g/mol. The largest absolute Gasteiger partial charge is 0.416 e. The second-order valence-corrected chi connectivity index (χ2v) is 8.83. The number of benzene rings is 2. The van der Waals surface area contributed by atoms with E-state index in [1.54, 1.807) is 12.1 Å². The van der Waals surface area contributed by atoms with Crippen molar-refractivity contribution in [1.82, 2.24) is 14.7 Å². The van der Waals surface area contributed by atoms with E-state index in [9.17, 15) is 13.2 Å². The molecule has 0 bridgehead atoms. The number of piperazine rings is 1. The summed E-state index contributed by atoms with van der Waals surface area (Å²) in [5.74, 6) is 0. The van der Waals surface area contributed by atoms with Gasteiger partial charge in [0.25, 0.3) is 0 Å². The Kier molecular flexibility index (Phi) is 8.77. The van der Waals surface area contributed by atoms with E-state index in [0.29, 0.717) is 18.2 Å². The van der Waals surface area contributed by atoms with Gasteiger partial charge in [-0.05, 0) is 61.3 Å². The van der Waals surface area contributed by atoms with Crippen molar-refractivity contribution in [3.63, 3.8) is 0 Å². The molecular weight excluding hydrogens is 449 g/mol. The zero-order valence-electron chi connectivity index (χ0n) is 18.6. The van der Waals surface area contributed by atoms with Gasteiger partial charge in [0, 0.05) is 45.3 Å². The zero-order chi connectivity index (χ0) is 22.6. The fourth-order valence-electron chi connectivity index (χ4n) is 4.78. The predicted molar refractivity (Wildman–Crippen MR) is 125 cm³/mol. The number of piperidine rings is 1. The lowest BCUT2D eigenvalue weighted by Gasteiger charge is -2.43. The lowest BCUT2D eigenvalue weighted by atomic mass is 10.0. The maximum Gasteiger partial charge on any atom is 0.416 e. The Morgan fingerprint density at radius 1 is 0.818 bits per heavy atom. The van der Waals surface area contributed by atoms with Gasteiger partial charge < -0.3 is 0 Å². The minimum absolute atomic E-state index is 0. The average Bonchev–Trinajstić information content (AvgIpc) is 2.80. The molecule has 4 rings (SSSR count). The molecule has 2 saturated heterocycles. The van der Waals surface area contributed by atoms with Crippen molar-refractivity contribution in [2.45, 2.75) is 38.1 Å². The van der Waals surface area contributed by atoms with Crippen LogP contribution in [0.5, 0.6) is 0 Å². The highest BCUT2D eigenvalue weighted by atomic mass is 35.5. The minimum Gasteiger partial charge on any atom is -0.299 e. The Hall–Kier alpha value is -2.11. The van der Waals surface area contributed by atoms with Crippen molar-refractivity contribution in [2.75, 3.05) is 39.3 Å². The summed E-state index contributed by atoms with van der Waals surface area (Å²) in [6, 6.07) is 16.2. The van der Waals surface area contributed by atoms with Crippen LogP contribution in [0.1, 0.15) is 35.1 Å². The molecule has 0 radical (unpaired) electrons. The molecule has 178 valence electrons. The third kappa shape index (κ3) is 6.94. The lowest BCUT2D eigenvalue weighted by molar-refractivity contribution is -0.137. The molecule has 2 heterocycles. The van der Waals surface area contributed by atoms with Gasteiger partial charge in [0.1, 0.15) is 0 Å². The molecule has 0 aliphatic carbocycles. The molecule has 33 heavy (non-hydrogen) atoms. The molecule has 2 aromatic carbocycles. The second-order valence-electron chi connectivity index (χ2n) is 8.83. The first-order chi connectivity index (χ1) is 15.4. The molecule has 0 saturated carbocycles. The van der Waals surface area contributed by atoms with Gasteiger partial charge in [0.15, 0.2) is 0 Å². The van der Waals surface area contributed by atoms with Gasteiger partial charge in [-0.1, -0.05) is 24.3 Å². The van der Waals surface area contributed by atoms with Crippen LogP contribution in [0, 0.1) is 11.3 Å². The van der Waals surface area contributed by atoms with Crippen LogP contribution in [0.4, 0.5) is 13.2 Å². The first kappa shape index (κ1) is 25.5. The summed E-state index contributed by atoms with van der Waals surface area (Å²) in [6.45, 7) is 7.63. The standard InChI is InChI=1S/C25H29F3N4.ClH/c26-25(27,28)23-6-4-20(5-7-23)18-31-12-14-32(15-13-31)24-8-10-30(11-9-24)19-22-3-1-2-21(16-22)17-29;/h1-7,16,24H,8-15,18-19H2;1H. The molecule has 0 N–H and O–H groups in total. The maximum absolute atomic E-state index is 12.7. The molecule has 0 unspecified atom stereocenters. The Labute approximate surface area is 200 Å². The molecule has 0 amide bonds. The summed E-state index contributed by atoms with van der Waals surface area (Å²) in [4.78, 5) is 7.38. The van der Waals surface area contributed by atoms with E-state index in [1.807, 2.05) is 18.2 Å². The zero-order valence-corrected chi connectivity index (χ0v) is 19.4.